The largest absolute Gasteiger partial charge is 3.00 e. The van der Waals surface area contributed by atoms with Crippen LogP contribution in [-0.2, 0) is 16.8 Å². The minimum absolute atomic E-state index is 0. The maximum atomic E-state index is 12.4. The number of aromatic nitrogens is 2. The van der Waals surface area contributed by atoms with Crippen LogP contribution in [0.4, 0.5) is 0 Å². The summed E-state index contributed by atoms with van der Waals surface area (Å²) in [5.41, 5.74) is 0.303. The quantitative estimate of drug-likeness (QED) is 0.272. The third-order valence-corrected chi connectivity index (χ3v) is 8.01. The summed E-state index contributed by atoms with van der Waals surface area (Å²) in [6.45, 7) is 16.9. The molecular weight excluding hydrogens is 697 g/mol. The van der Waals surface area contributed by atoms with Gasteiger partial charge in [0.1, 0.15) is 0 Å². The van der Waals surface area contributed by atoms with E-state index < -0.39 is 23.6 Å². The monoisotopic (exact) mass is 753 g/mol. The van der Waals surface area contributed by atoms with Crippen LogP contribution >= 0.6 is 0 Å². The van der Waals surface area contributed by atoms with Gasteiger partial charge in [0.2, 0.25) is 0 Å². The van der Waals surface area contributed by atoms with Crippen LogP contribution in [0.15, 0.2) is 56.4 Å². The van der Waals surface area contributed by atoms with Gasteiger partial charge in [-0.15, -0.1) is 0 Å². The Labute approximate surface area is 305 Å². The normalized spacial score (nSPS) is 15.3. The molecule has 50 heavy (non-hydrogen) atoms. The van der Waals surface area contributed by atoms with Gasteiger partial charge in [0, 0.05) is 49.8 Å². The molecule has 0 amide bonds. The van der Waals surface area contributed by atoms with Crippen LogP contribution in [0.2, 0.25) is 0 Å². The molecule has 1 aliphatic rings. The third kappa shape index (κ3) is 17.9. The summed E-state index contributed by atoms with van der Waals surface area (Å²) in [5.74, 6) is -2.07. The summed E-state index contributed by atoms with van der Waals surface area (Å²) in [4.78, 5) is 28.0. The molecule has 2 aromatic rings. The van der Waals surface area contributed by atoms with E-state index in [0.29, 0.717) is 26.2 Å². The first-order valence-electron chi connectivity index (χ1n) is 15.6. The minimum atomic E-state index is -0.517. The van der Waals surface area contributed by atoms with Crippen LogP contribution in [0.3, 0.4) is 0 Å². The molecule has 0 aliphatic carbocycles. The van der Waals surface area contributed by atoms with Crippen LogP contribution in [0.1, 0.15) is 50.5 Å². The number of hydrogen-bond acceptors (Lipinski definition) is 12. The van der Waals surface area contributed by atoms with Crippen molar-refractivity contribution in [1.82, 2.24) is 19.8 Å². The summed E-state index contributed by atoms with van der Waals surface area (Å²) >= 11 is 0. The van der Waals surface area contributed by atoms with Gasteiger partial charge in [-0.1, -0.05) is 12.1 Å². The zero-order valence-electron chi connectivity index (χ0n) is 29.9. The van der Waals surface area contributed by atoms with E-state index in [1.807, 2.05) is 23.9 Å². The van der Waals surface area contributed by atoms with E-state index in [4.69, 9.17) is 0 Å². The Morgan fingerprint density at radius 2 is 0.720 bits per heavy atom. The Bertz CT molecular complexity index is 1140. The van der Waals surface area contributed by atoms with E-state index in [1.54, 1.807) is 12.1 Å². The first-order chi connectivity index (χ1) is 21.6. The van der Waals surface area contributed by atoms with Crippen molar-refractivity contribution < 1.29 is 63.6 Å². The summed E-state index contributed by atoms with van der Waals surface area (Å²) in [7, 11) is 3.64. The smallest absolute Gasteiger partial charge is 0.857 e. The van der Waals surface area contributed by atoms with Gasteiger partial charge in [0.25, 0.3) is 0 Å². The van der Waals surface area contributed by atoms with Gasteiger partial charge in [0.15, 0.2) is 0 Å². The van der Waals surface area contributed by atoms with Crippen molar-refractivity contribution in [2.24, 2.45) is 20.0 Å². The second kappa shape index (κ2) is 28.1. The second-order valence-electron chi connectivity index (χ2n) is 10.8. The van der Waals surface area contributed by atoms with Crippen LogP contribution in [-0.4, -0.2) is 162 Å². The van der Waals surface area contributed by atoms with Gasteiger partial charge in [-0.3, -0.25) is 20.0 Å². The van der Waals surface area contributed by atoms with Crippen molar-refractivity contribution in [3.05, 3.63) is 59.2 Å². The summed E-state index contributed by atoms with van der Waals surface area (Å²) in [6.07, 6.45) is 0. The predicted molar refractivity (Wildman–Crippen MR) is 186 cm³/mol. The summed E-state index contributed by atoms with van der Waals surface area (Å²) < 4.78 is 1.28. The average Bonchev–Trinajstić information content (AvgIpc) is 3.06. The van der Waals surface area contributed by atoms with E-state index in [-0.39, 0.29) is 87.6 Å². The number of fused-ring (bicyclic) bond motifs is 4. The van der Waals surface area contributed by atoms with E-state index >= 15 is 0 Å². The molecule has 0 spiro atoms. The SMILES string of the molecule is CC[N+](CC)(CC)CC.CN1CCN=C([O-])c2cccc(n2)C([O-])=NCCN(C)CCN=C([O-])c2cccc(n2)C([O-])=NCC1.O.O.O.O.[Co+3]. The molecule has 0 fully saturated rings. The first-order valence-corrected chi connectivity index (χ1v) is 15.6. The number of likely N-dealkylation sites (N-methyl/N-ethyl adjacent to an activating group) is 2. The summed E-state index contributed by atoms with van der Waals surface area (Å²) in [5, 5.41) is 49.6. The number of aliphatic imine (C=N–C) groups is 4. The molecule has 4 bridgehead atoms. The molecule has 17 nitrogen and oxygen atoms in total. The van der Waals surface area contributed by atoms with Crippen molar-refractivity contribution in [3.63, 3.8) is 0 Å². The second-order valence-corrected chi connectivity index (χ2v) is 10.8. The van der Waals surface area contributed by atoms with Crippen molar-refractivity contribution in [1.29, 1.82) is 0 Å². The Balaban J connectivity index is -0.000000669. The molecule has 3 rings (SSSR count). The number of rotatable bonds is 4. The molecule has 18 heteroatoms. The number of pyridine rings is 2. The Kier molecular flexibility index (Phi) is 29.9. The van der Waals surface area contributed by atoms with Gasteiger partial charge in [-0.25, -0.2) is 9.97 Å². The molecule has 0 aromatic carbocycles. The van der Waals surface area contributed by atoms with Crippen molar-refractivity contribution >= 4 is 23.6 Å². The number of quaternary nitrogens is 1. The Morgan fingerprint density at radius 3 is 0.900 bits per heavy atom. The molecule has 286 valence electrons. The van der Waals surface area contributed by atoms with Gasteiger partial charge in [-0.05, 0) is 66.1 Å². The molecule has 3 heterocycles. The standard InChI is InChI=1S/C24H32N8O4.C8H20N.Co.4H2O/c1-31-13-9-25-21(33)17-5-3-7-19(29-17)23(35)27-11-15-32(2)16-12-28-24(36)20-8-4-6-18(30-20)22(34)26-10-14-31;1-5-9(6-2,7-3)8-4;;;;;/h3-8H,9-16H2,1-2H3,(H,25,33)(H,26,34)(H,27,35)(H,28,36);5-8H2,1-4H3;;4*1H2/q;+1;+3;;;;/p-4. The fourth-order valence-corrected chi connectivity index (χ4v) is 4.52. The van der Waals surface area contributed by atoms with Crippen LogP contribution in [0.25, 0.3) is 0 Å². The fraction of sp³-hybridized carbons (Fsp3) is 0.562. The third-order valence-electron chi connectivity index (χ3n) is 8.01. The zero-order valence-corrected chi connectivity index (χ0v) is 31.0. The number of nitrogens with zero attached hydrogens (tertiary/aromatic N) is 9. The molecule has 0 atom stereocenters. The van der Waals surface area contributed by atoms with Crippen LogP contribution in [0, 0.1) is 0 Å². The minimum Gasteiger partial charge on any atom is -0.857 e. The maximum absolute atomic E-state index is 12.4. The molecule has 8 N–H and O–H groups in total. The van der Waals surface area contributed by atoms with Crippen molar-refractivity contribution in [2.45, 2.75) is 27.7 Å². The van der Waals surface area contributed by atoms with E-state index in [9.17, 15) is 20.4 Å². The molecule has 1 aliphatic heterocycles. The molecule has 0 saturated heterocycles. The van der Waals surface area contributed by atoms with Gasteiger partial charge in [-0.2, -0.15) is 0 Å². The van der Waals surface area contributed by atoms with Crippen molar-refractivity contribution in [2.75, 3.05) is 92.6 Å². The molecular formula is C32H56CoN9O8. The number of hydrogen-bond donors (Lipinski definition) is 0. The van der Waals surface area contributed by atoms with E-state index in [2.05, 4.69) is 57.6 Å². The van der Waals surface area contributed by atoms with Crippen LogP contribution < -0.4 is 20.4 Å². The molecule has 0 radical (unpaired) electrons. The Morgan fingerprint density at radius 1 is 0.500 bits per heavy atom. The fourth-order valence-electron chi connectivity index (χ4n) is 4.52. The first kappa shape index (κ1) is 53.2. The van der Waals surface area contributed by atoms with Gasteiger partial charge < -0.3 is 56.6 Å². The maximum Gasteiger partial charge on any atom is 3.00 e. The van der Waals surface area contributed by atoms with E-state index in [0.717, 1.165) is 0 Å². The predicted octanol–water partition coefficient (Wildman–Crippen LogP) is -4.94. The van der Waals surface area contributed by atoms with Gasteiger partial charge >= 0.3 is 16.8 Å². The molecule has 2 aromatic heterocycles. The van der Waals surface area contributed by atoms with Crippen molar-refractivity contribution in [3.8, 4) is 0 Å². The molecule has 0 saturated carbocycles. The average molecular weight is 754 g/mol. The molecule has 0 unspecified atom stereocenters. The zero-order chi connectivity index (χ0) is 33.2. The van der Waals surface area contributed by atoms with Crippen LogP contribution in [0.5, 0.6) is 0 Å². The topological polar surface area (TPSA) is 300 Å². The van der Waals surface area contributed by atoms with E-state index in [1.165, 1.54) is 54.9 Å². The van der Waals surface area contributed by atoms with Gasteiger partial charge in [0.05, 0.1) is 75.1 Å². The Hall–Kier alpha value is -3.59. The summed E-state index contributed by atoms with van der Waals surface area (Å²) in [6, 6.07) is 9.15.